The second kappa shape index (κ2) is 6.34. The number of thioether (sulfide) groups is 1. The molecule has 0 spiro atoms. The highest BCUT2D eigenvalue weighted by atomic mass is 32.2. The molecule has 0 bridgehead atoms. The molecule has 0 aliphatic carbocycles. The minimum absolute atomic E-state index is 0.0225. The number of carbonyl (C=O) groups excluding carboxylic acids is 2. The number of methoxy groups -OCH3 is 1. The van der Waals surface area contributed by atoms with Crippen LogP contribution in [-0.2, 0) is 24.2 Å². The second-order valence-corrected chi connectivity index (χ2v) is 8.70. The number of likely N-dealkylation sites (tertiary alicyclic amines) is 1. The van der Waals surface area contributed by atoms with E-state index in [2.05, 4.69) is 4.74 Å². The van der Waals surface area contributed by atoms with Gasteiger partial charge in [0.1, 0.15) is 0 Å². The van der Waals surface area contributed by atoms with Gasteiger partial charge in [-0.2, -0.15) is 0 Å². The maximum atomic E-state index is 12.0. The van der Waals surface area contributed by atoms with Crippen LogP contribution >= 0.6 is 11.8 Å². The number of hydrogen-bond acceptors (Lipinski definition) is 6. The average Bonchev–Trinajstić information content (AvgIpc) is 3.01. The molecule has 2 heterocycles. The molecule has 0 radical (unpaired) electrons. The lowest BCUT2D eigenvalue weighted by Crippen LogP contribution is -2.32. The SMILES string of the molecule is COC(=O)C1CCN(C(=O)CSC2CCS(=O)(=O)C2)C1. The lowest BCUT2D eigenvalue weighted by Gasteiger charge is -2.17. The third-order valence-corrected chi connectivity index (χ3v) is 6.97. The summed E-state index contributed by atoms with van der Waals surface area (Å²) in [4.78, 5) is 25.1. The molecule has 1 amide bonds. The fraction of sp³-hybridized carbons (Fsp3) is 0.833. The summed E-state index contributed by atoms with van der Waals surface area (Å²) >= 11 is 1.41. The normalized spacial score (nSPS) is 28.6. The maximum absolute atomic E-state index is 12.0. The van der Waals surface area contributed by atoms with E-state index >= 15 is 0 Å². The van der Waals surface area contributed by atoms with E-state index < -0.39 is 9.84 Å². The molecule has 2 atom stereocenters. The standard InChI is InChI=1S/C12H19NO5S2/c1-18-12(15)9-2-4-13(6-9)11(14)7-19-10-3-5-20(16,17)8-10/h9-10H,2-8H2,1H3. The largest absolute Gasteiger partial charge is 0.469 e. The summed E-state index contributed by atoms with van der Waals surface area (Å²) in [6.07, 6.45) is 1.27. The molecule has 0 N–H and O–H groups in total. The van der Waals surface area contributed by atoms with Gasteiger partial charge in [-0.25, -0.2) is 8.42 Å². The van der Waals surface area contributed by atoms with E-state index in [-0.39, 0.29) is 40.3 Å². The zero-order chi connectivity index (χ0) is 14.8. The third kappa shape index (κ3) is 3.88. The highest BCUT2D eigenvalue weighted by molar-refractivity contribution is 8.02. The number of sulfone groups is 1. The van der Waals surface area contributed by atoms with Gasteiger partial charge in [-0.15, -0.1) is 11.8 Å². The Bertz CT molecular complexity index is 490. The van der Waals surface area contributed by atoms with Crippen LogP contribution < -0.4 is 0 Å². The second-order valence-electron chi connectivity index (χ2n) is 5.18. The van der Waals surface area contributed by atoms with Gasteiger partial charge in [0, 0.05) is 18.3 Å². The molecular weight excluding hydrogens is 302 g/mol. The Morgan fingerprint density at radius 1 is 1.35 bits per heavy atom. The Balaban J connectivity index is 1.75. The topological polar surface area (TPSA) is 80.8 Å². The molecular formula is C12H19NO5S2. The molecule has 0 aromatic carbocycles. The monoisotopic (exact) mass is 321 g/mol. The Morgan fingerprint density at radius 2 is 2.10 bits per heavy atom. The first-order valence-corrected chi connectivity index (χ1v) is 9.46. The Labute approximate surface area is 123 Å². The van der Waals surface area contributed by atoms with E-state index in [4.69, 9.17) is 0 Å². The van der Waals surface area contributed by atoms with Gasteiger partial charge >= 0.3 is 5.97 Å². The summed E-state index contributed by atoms with van der Waals surface area (Å²) in [5.41, 5.74) is 0. The molecule has 2 aliphatic heterocycles. The summed E-state index contributed by atoms with van der Waals surface area (Å²) in [5.74, 6) is 0.179. The number of amides is 1. The molecule has 2 fully saturated rings. The van der Waals surface area contributed by atoms with Gasteiger partial charge in [0.25, 0.3) is 0 Å². The van der Waals surface area contributed by atoms with Gasteiger partial charge in [0.2, 0.25) is 5.91 Å². The predicted molar refractivity (Wildman–Crippen MR) is 76.2 cm³/mol. The molecule has 2 unspecified atom stereocenters. The summed E-state index contributed by atoms with van der Waals surface area (Å²) in [5, 5.41) is 0.0305. The first kappa shape index (κ1) is 15.6. The van der Waals surface area contributed by atoms with Gasteiger partial charge in [0.15, 0.2) is 9.84 Å². The van der Waals surface area contributed by atoms with E-state index in [9.17, 15) is 18.0 Å². The van der Waals surface area contributed by atoms with Gasteiger partial charge < -0.3 is 9.64 Å². The molecule has 0 aromatic heterocycles. The Hall–Kier alpha value is -0.760. The third-order valence-electron chi connectivity index (χ3n) is 3.71. The van der Waals surface area contributed by atoms with Gasteiger partial charge in [-0.3, -0.25) is 9.59 Å². The van der Waals surface area contributed by atoms with Crippen LogP contribution in [0.3, 0.4) is 0 Å². The van der Waals surface area contributed by atoms with Crippen molar-refractivity contribution < 1.29 is 22.7 Å². The molecule has 2 rings (SSSR count). The van der Waals surface area contributed by atoms with E-state index in [1.165, 1.54) is 18.9 Å². The maximum Gasteiger partial charge on any atom is 0.310 e. The quantitative estimate of drug-likeness (QED) is 0.674. The fourth-order valence-electron chi connectivity index (χ4n) is 2.52. The van der Waals surface area contributed by atoms with Crippen LogP contribution in [0.15, 0.2) is 0 Å². The molecule has 20 heavy (non-hydrogen) atoms. The number of ether oxygens (including phenoxy) is 1. The Kier molecular flexibility index (Phi) is 4.95. The van der Waals surface area contributed by atoms with Gasteiger partial charge in [-0.05, 0) is 12.8 Å². The van der Waals surface area contributed by atoms with Crippen molar-refractivity contribution in [1.82, 2.24) is 4.90 Å². The fourth-order valence-corrected chi connectivity index (χ4v) is 6.06. The number of hydrogen-bond donors (Lipinski definition) is 0. The highest BCUT2D eigenvalue weighted by Gasteiger charge is 2.33. The number of rotatable bonds is 4. The molecule has 0 aromatic rings. The van der Waals surface area contributed by atoms with Crippen molar-refractivity contribution in [3.63, 3.8) is 0 Å². The van der Waals surface area contributed by atoms with Crippen molar-refractivity contribution in [2.24, 2.45) is 5.92 Å². The highest BCUT2D eigenvalue weighted by Crippen LogP contribution is 2.25. The van der Waals surface area contributed by atoms with Crippen LogP contribution in [0.25, 0.3) is 0 Å². The van der Waals surface area contributed by atoms with E-state index in [1.807, 2.05) is 0 Å². The number of nitrogens with zero attached hydrogens (tertiary/aromatic N) is 1. The minimum atomic E-state index is -2.89. The molecule has 2 aliphatic rings. The van der Waals surface area contributed by atoms with Crippen LogP contribution in [0, 0.1) is 5.92 Å². The summed E-state index contributed by atoms with van der Waals surface area (Å²) in [6, 6.07) is 0. The van der Waals surface area contributed by atoms with Crippen molar-refractivity contribution in [3.8, 4) is 0 Å². The van der Waals surface area contributed by atoms with Gasteiger partial charge in [-0.1, -0.05) is 0 Å². The molecule has 114 valence electrons. The van der Waals surface area contributed by atoms with Crippen molar-refractivity contribution in [3.05, 3.63) is 0 Å². The van der Waals surface area contributed by atoms with Crippen molar-refractivity contribution >= 4 is 33.5 Å². The number of carbonyl (C=O) groups is 2. The van der Waals surface area contributed by atoms with E-state index in [0.717, 1.165) is 0 Å². The van der Waals surface area contributed by atoms with Crippen LogP contribution in [-0.4, -0.2) is 67.9 Å². The average molecular weight is 321 g/mol. The lowest BCUT2D eigenvalue weighted by atomic mass is 10.1. The van der Waals surface area contributed by atoms with Crippen LogP contribution in [0.4, 0.5) is 0 Å². The first-order chi connectivity index (χ1) is 9.41. The molecule has 8 heteroatoms. The van der Waals surface area contributed by atoms with Gasteiger partial charge in [0.05, 0.1) is 30.3 Å². The van der Waals surface area contributed by atoms with Crippen molar-refractivity contribution in [2.75, 3.05) is 37.5 Å². The smallest absolute Gasteiger partial charge is 0.310 e. The minimum Gasteiger partial charge on any atom is -0.469 e. The molecule has 2 saturated heterocycles. The predicted octanol–water partition coefficient (Wildman–Crippen LogP) is -0.0718. The summed E-state index contributed by atoms with van der Waals surface area (Å²) in [6.45, 7) is 0.983. The lowest BCUT2D eigenvalue weighted by molar-refractivity contribution is -0.145. The Morgan fingerprint density at radius 3 is 2.70 bits per heavy atom. The van der Waals surface area contributed by atoms with Crippen LogP contribution in [0.1, 0.15) is 12.8 Å². The molecule has 6 nitrogen and oxygen atoms in total. The van der Waals surface area contributed by atoms with E-state index in [0.29, 0.717) is 25.9 Å². The van der Waals surface area contributed by atoms with Crippen molar-refractivity contribution in [2.45, 2.75) is 18.1 Å². The van der Waals surface area contributed by atoms with Crippen LogP contribution in [0.2, 0.25) is 0 Å². The van der Waals surface area contributed by atoms with E-state index in [1.54, 1.807) is 4.90 Å². The van der Waals surface area contributed by atoms with Crippen molar-refractivity contribution in [1.29, 1.82) is 0 Å². The zero-order valence-electron chi connectivity index (χ0n) is 11.4. The van der Waals surface area contributed by atoms with Crippen LogP contribution in [0.5, 0.6) is 0 Å². The molecule has 0 saturated carbocycles. The first-order valence-electron chi connectivity index (χ1n) is 6.59. The summed E-state index contributed by atoms with van der Waals surface area (Å²) in [7, 11) is -1.54. The summed E-state index contributed by atoms with van der Waals surface area (Å²) < 4.78 is 27.3. The zero-order valence-corrected chi connectivity index (χ0v) is 13.0. The number of esters is 1.